The average Bonchev–Trinajstić information content (AvgIpc) is 2.64. The van der Waals surface area contributed by atoms with Crippen molar-refractivity contribution in [2.24, 2.45) is 0 Å². The summed E-state index contributed by atoms with van der Waals surface area (Å²) in [7, 11) is 0. The Morgan fingerprint density at radius 2 is 1.76 bits per heavy atom. The van der Waals surface area contributed by atoms with Crippen molar-refractivity contribution >= 4 is 23.5 Å². The SMILES string of the molecule is C=C/C(Cl)=C\c1nc(-c2ccc(C)cc2)nc(N2CCCCC2)c1C. The molecule has 0 amide bonds. The summed E-state index contributed by atoms with van der Waals surface area (Å²) >= 11 is 6.20. The molecule has 25 heavy (non-hydrogen) atoms. The van der Waals surface area contributed by atoms with Crippen LogP contribution in [0.25, 0.3) is 17.5 Å². The lowest BCUT2D eigenvalue weighted by atomic mass is 10.1. The van der Waals surface area contributed by atoms with E-state index in [9.17, 15) is 0 Å². The molecule has 2 aromatic rings. The van der Waals surface area contributed by atoms with Crippen molar-refractivity contribution in [1.82, 2.24) is 9.97 Å². The van der Waals surface area contributed by atoms with E-state index in [-0.39, 0.29) is 0 Å². The molecule has 0 saturated carbocycles. The van der Waals surface area contributed by atoms with E-state index in [1.807, 2.05) is 6.08 Å². The number of aromatic nitrogens is 2. The molecular weight excluding hydrogens is 330 g/mol. The van der Waals surface area contributed by atoms with E-state index in [4.69, 9.17) is 21.6 Å². The number of benzene rings is 1. The minimum atomic E-state index is 0.584. The largest absolute Gasteiger partial charge is 0.356 e. The van der Waals surface area contributed by atoms with Crippen LogP contribution in [0.2, 0.25) is 0 Å². The number of piperidine rings is 1. The standard InChI is InChI=1S/C21H24ClN3/c1-4-18(22)14-19-16(3)21(25-12-6-5-7-13-25)24-20(23-19)17-10-8-15(2)9-11-17/h4,8-11,14H,1,5-7,12-13H2,2-3H3/b18-14+. The number of hydrogen-bond donors (Lipinski definition) is 0. The molecule has 1 aromatic carbocycles. The van der Waals surface area contributed by atoms with Gasteiger partial charge >= 0.3 is 0 Å². The Morgan fingerprint density at radius 3 is 2.40 bits per heavy atom. The van der Waals surface area contributed by atoms with Crippen molar-refractivity contribution in [3.63, 3.8) is 0 Å². The third-order valence-electron chi connectivity index (χ3n) is 4.59. The van der Waals surface area contributed by atoms with Crippen LogP contribution in [-0.2, 0) is 0 Å². The average molecular weight is 354 g/mol. The minimum absolute atomic E-state index is 0.584. The molecular formula is C21H24ClN3. The van der Waals surface area contributed by atoms with Crippen LogP contribution in [0.3, 0.4) is 0 Å². The maximum Gasteiger partial charge on any atom is 0.162 e. The van der Waals surface area contributed by atoms with Gasteiger partial charge in [-0.05, 0) is 39.2 Å². The first kappa shape index (κ1) is 17.7. The van der Waals surface area contributed by atoms with Crippen LogP contribution in [0.1, 0.15) is 36.1 Å². The van der Waals surface area contributed by atoms with Gasteiger partial charge in [-0.3, -0.25) is 0 Å². The van der Waals surface area contributed by atoms with Gasteiger partial charge in [-0.2, -0.15) is 0 Å². The van der Waals surface area contributed by atoms with E-state index >= 15 is 0 Å². The van der Waals surface area contributed by atoms with Gasteiger partial charge in [0.1, 0.15) is 5.82 Å². The molecule has 1 aromatic heterocycles. The smallest absolute Gasteiger partial charge is 0.162 e. The summed E-state index contributed by atoms with van der Waals surface area (Å²) in [4.78, 5) is 12.0. The first-order chi connectivity index (χ1) is 12.1. The predicted octanol–water partition coefficient (Wildman–Crippen LogP) is 5.52. The summed E-state index contributed by atoms with van der Waals surface area (Å²) in [6.07, 6.45) is 7.22. The molecule has 1 aliphatic rings. The van der Waals surface area contributed by atoms with E-state index in [1.54, 1.807) is 6.08 Å². The van der Waals surface area contributed by atoms with Gasteiger partial charge < -0.3 is 4.90 Å². The van der Waals surface area contributed by atoms with E-state index in [0.717, 1.165) is 41.6 Å². The van der Waals surface area contributed by atoms with E-state index in [2.05, 4.69) is 49.6 Å². The van der Waals surface area contributed by atoms with Gasteiger partial charge in [-0.25, -0.2) is 9.97 Å². The summed E-state index contributed by atoms with van der Waals surface area (Å²) < 4.78 is 0. The van der Waals surface area contributed by atoms with Gasteiger partial charge in [-0.1, -0.05) is 54.1 Å². The van der Waals surface area contributed by atoms with Crippen LogP contribution in [0.15, 0.2) is 42.0 Å². The topological polar surface area (TPSA) is 29.0 Å². The molecule has 0 radical (unpaired) electrons. The summed E-state index contributed by atoms with van der Waals surface area (Å²) in [6.45, 7) is 9.98. The van der Waals surface area contributed by atoms with Crippen molar-refractivity contribution in [2.45, 2.75) is 33.1 Å². The lowest BCUT2D eigenvalue weighted by Crippen LogP contribution is -2.31. The Morgan fingerprint density at radius 1 is 1.08 bits per heavy atom. The number of halogens is 1. The van der Waals surface area contributed by atoms with Gasteiger partial charge in [0, 0.05) is 29.2 Å². The Kier molecular flexibility index (Phi) is 5.54. The number of anilines is 1. The summed E-state index contributed by atoms with van der Waals surface area (Å²) in [6, 6.07) is 8.32. The third-order valence-corrected chi connectivity index (χ3v) is 4.86. The second kappa shape index (κ2) is 7.83. The molecule has 4 heteroatoms. The molecule has 1 fully saturated rings. The zero-order valence-electron chi connectivity index (χ0n) is 14.9. The number of rotatable bonds is 4. The second-order valence-electron chi connectivity index (χ2n) is 6.53. The fourth-order valence-corrected chi connectivity index (χ4v) is 3.20. The number of allylic oxidation sites excluding steroid dienone is 2. The van der Waals surface area contributed by atoms with Crippen molar-refractivity contribution in [3.8, 4) is 11.4 Å². The number of nitrogens with zero attached hydrogens (tertiary/aromatic N) is 3. The minimum Gasteiger partial charge on any atom is -0.356 e. The quantitative estimate of drug-likeness (QED) is 0.678. The maximum atomic E-state index is 6.20. The summed E-state index contributed by atoms with van der Waals surface area (Å²) in [5.41, 5.74) is 4.17. The normalized spacial score (nSPS) is 15.3. The Labute approximate surface area is 155 Å². The van der Waals surface area contributed by atoms with Gasteiger partial charge in [-0.15, -0.1) is 0 Å². The predicted molar refractivity (Wildman–Crippen MR) is 107 cm³/mol. The lowest BCUT2D eigenvalue weighted by molar-refractivity contribution is 0.572. The van der Waals surface area contributed by atoms with Crippen LogP contribution in [0, 0.1) is 13.8 Å². The molecule has 130 valence electrons. The Bertz CT molecular complexity index is 788. The molecule has 3 rings (SSSR count). The van der Waals surface area contributed by atoms with Gasteiger partial charge in [0.15, 0.2) is 5.82 Å². The van der Waals surface area contributed by atoms with Gasteiger partial charge in [0.25, 0.3) is 0 Å². The molecule has 2 heterocycles. The number of hydrogen-bond acceptors (Lipinski definition) is 3. The van der Waals surface area contributed by atoms with Gasteiger partial charge in [0.2, 0.25) is 0 Å². The molecule has 0 bridgehead atoms. The first-order valence-electron chi connectivity index (χ1n) is 8.79. The fourth-order valence-electron chi connectivity index (χ4n) is 3.10. The summed E-state index contributed by atoms with van der Waals surface area (Å²) in [5, 5.41) is 0.584. The molecule has 1 saturated heterocycles. The fraction of sp³-hybridized carbons (Fsp3) is 0.333. The van der Waals surface area contributed by atoms with E-state index in [0.29, 0.717) is 5.03 Å². The Hall–Kier alpha value is -2.13. The highest BCUT2D eigenvalue weighted by molar-refractivity contribution is 6.33. The molecule has 0 aliphatic carbocycles. The van der Waals surface area contributed by atoms with Crippen molar-refractivity contribution in [2.75, 3.05) is 18.0 Å². The molecule has 0 unspecified atom stereocenters. The van der Waals surface area contributed by atoms with Gasteiger partial charge in [0.05, 0.1) is 5.69 Å². The highest BCUT2D eigenvalue weighted by Crippen LogP contribution is 2.28. The van der Waals surface area contributed by atoms with Crippen LogP contribution in [0.5, 0.6) is 0 Å². The Balaban J connectivity index is 2.12. The molecule has 0 spiro atoms. The zero-order chi connectivity index (χ0) is 17.8. The lowest BCUT2D eigenvalue weighted by Gasteiger charge is -2.29. The van der Waals surface area contributed by atoms with Crippen LogP contribution < -0.4 is 4.90 Å². The third kappa shape index (κ3) is 4.10. The highest BCUT2D eigenvalue weighted by atomic mass is 35.5. The van der Waals surface area contributed by atoms with Crippen LogP contribution in [-0.4, -0.2) is 23.1 Å². The summed E-state index contributed by atoms with van der Waals surface area (Å²) in [5.74, 6) is 1.76. The molecule has 0 N–H and O–H groups in total. The van der Waals surface area contributed by atoms with E-state index in [1.165, 1.54) is 24.8 Å². The molecule has 3 nitrogen and oxygen atoms in total. The highest BCUT2D eigenvalue weighted by Gasteiger charge is 2.18. The van der Waals surface area contributed by atoms with E-state index < -0.39 is 0 Å². The maximum absolute atomic E-state index is 6.20. The number of aryl methyl sites for hydroxylation is 1. The van der Waals surface area contributed by atoms with Crippen molar-refractivity contribution in [1.29, 1.82) is 0 Å². The molecule has 1 aliphatic heterocycles. The zero-order valence-corrected chi connectivity index (χ0v) is 15.7. The van der Waals surface area contributed by atoms with Crippen molar-refractivity contribution < 1.29 is 0 Å². The van der Waals surface area contributed by atoms with Crippen LogP contribution >= 0.6 is 11.6 Å². The monoisotopic (exact) mass is 353 g/mol. The first-order valence-corrected chi connectivity index (χ1v) is 9.16. The molecule has 0 atom stereocenters. The van der Waals surface area contributed by atoms with Crippen LogP contribution in [0.4, 0.5) is 5.82 Å². The second-order valence-corrected chi connectivity index (χ2v) is 6.96. The van der Waals surface area contributed by atoms with Crippen molar-refractivity contribution in [3.05, 3.63) is 58.8 Å².